The molecule has 1 aliphatic heterocycles. The van der Waals surface area contributed by atoms with Gasteiger partial charge in [0.05, 0.1) is 0 Å². The number of halogens is 1. The Balaban J connectivity index is 0.00000300. The molecule has 0 amide bonds. The first kappa shape index (κ1) is 24.4. The first-order chi connectivity index (χ1) is 13.6. The van der Waals surface area contributed by atoms with E-state index < -0.39 is 0 Å². The van der Waals surface area contributed by atoms with Gasteiger partial charge >= 0.3 is 0 Å². The Kier molecular flexibility index (Phi) is 10.2. The minimum Gasteiger partial charge on any atom is -0.356 e. The molecule has 0 radical (unpaired) electrons. The number of rotatable bonds is 7. The zero-order chi connectivity index (χ0) is 19.8. The molecular weight excluding hydrogens is 473 g/mol. The molecule has 0 aromatic heterocycles. The third-order valence-corrected chi connectivity index (χ3v) is 6.55. The molecule has 29 heavy (non-hydrogen) atoms. The maximum Gasteiger partial charge on any atom is 0.191 e. The van der Waals surface area contributed by atoms with E-state index in [1.54, 1.807) is 0 Å². The number of nitrogens with one attached hydrogen (secondary N) is 2. The van der Waals surface area contributed by atoms with Crippen LogP contribution < -0.4 is 10.6 Å². The van der Waals surface area contributed by atoms with Crippen molar-refractivity contribution in [2.75, 3.05) is 59.9 Å². The molecule has 1 saturated heterocycles. The van der Waals surface area contributed by atoms with Crippen molar-refractivity contribution in [3.63, 3.8) is 0 Å². The summed E-state index contributed by atoms with van der Waals surface area (Å²) in [6.45, 7) is 10.2. The molecule has 1 heterocycles. The van der Waals surface area contributed by atoms with Gasteiger partial charge in [0.2, 0.25) is 0 Å². The van der Waals surface area contributed by atoms with Crippen LogP contribution in [-0.4, -0.2) is 75.7 Å². The van der Waals surface area contributed by atoms with Crippen LogP contribution in [0.5, 0.6) is 0 Å². The summed E-state index contributed by atoms with van der Waals surface area (Å²) in [5, 5.41) is 7.20. The van der Waals surface area contributed by atoms with Gasteiger partial charge in [0.1, 0.15) is 0 Å². The first-order valence-corrected chi connectivity index (χ1v) is 11.0. The van der Waals surface area contributed by atoms with E-state index in [1.807, 2.05) is 7.05 Å². The normalized spacial score (nSPS) is 21.4. The van der Waals surface area contributed by atoms with Crippen LogP contribution in [-0.2, 0) is 5.41 Å². The predicted octanol–water partition coefficient (Wildman–Crippen LogP) is 3.16. The predicted molar refractivity (Wildman–Crippen MR) is 134 cm³/mol. The van der Waals surface area contributed by atoms with Crippen molar-refractivity contribution in [2.45, 2.75) is 38.0 Å². The molecular formula is C23H40IN5. The molecule has 164 valence electrons. The topological polar surface area (TPSA) is 42.9 Å². The summed E-state index contributed by atoms with van der Waals surface area (Å²) < 4.78 is 0. The van der Waals surface area contributed by atoms with Crippen molar-refractivity contribution in [1.29, 1.82) is 0 Å². The Morgan fingerprint density at radius 2 is 1.72 bits per heavy atom. The van der Waals surface area contributed by atoms with Crippen LogP contribution in [0, 0.1) is 5.92 Å². The van der Waals surface area contributed by atoms with Gasteiger partial charge in [-0.25, -0.2) is 0 Å². The van der Waals surface area contributed by atoms with E-state index in [0.717, 1.165) is 25.6 Å². The fraction of sp³-hybridized carbons (Fsp3) is 0.696. The van der Waals surface area contributed by atoms with E-state index >= 15 is 0 Å². The number of likely N-dealkylation sites (N-methyl/N-ethyl adjacent to an activating group) is 1. The number of benzene rings is 1. The van der Waals surface area contributed by atoms with Crippen LogP contribution in [0.15, 0.2) is 35.3 Å². The van der Waals surface area contributed by atoms with E-state index in [9.17, 15) is 0 Å². The third-order valence-electron chi connectivity index (χ3n) is 6.55. The molecule has 1 saturated carbocycles. The molecule has 1 aromatic rings. The highest BCUT2D eigenvalue weighted by Crippen LogP contribution is 2.40. The summed E-state index contributed by atoms with van der Waals surface area (Å²) in [7, 11) is 4.09. The zero-order valence-corrected chi connectivity index (χ0v) is 20.8. The van der Waals surface area contributed by atoms with Crippen LogP contribution in [0.25, 0.3) is 0 Å². The van der Waals surface area contributed by atoms with E-state index in [4.69, 9.17) is 0 Å². The average molecular weight is 514 g/mol. The van der Waals surface area contributed by atoms with Crippen molar-refractivity contribution < 1.29 is 0 Å². The van der Waals surface area contributed by atoms with Gasteiger partial charge in [-0.1, -0.05) is 50.1 Å². The summed E-state index contributed by atoms with van der Waals surface area (Å²) in [6.07, 6.45) is 5.18. The van der Waals surface area contributed by atoms with Gasteiger partial charge in [0.15, 0.2) is 5.96 Å². The lowest BCUT2D eigenvalue weighted by Crippen LogP contribution is -2.48. The van der Waals surface area contributed by atoms with Gasteiger partial charge < -0.3 is 20.4 Å². The summed E-state index contributed by atoms with van der Waals surface area (Å²) in [5.41, 5.74) is 1.73. The van der Waals surface area contributed by atoms with Crippen molar-refractivity contribution in [2.24, 2.45) is 10.9 Å². The largest absolute Gasteiger partial charge is 0.356 e. The highest BCUT2D eigenvalue weighted by atomic mass is 127. The van der Waals surface area contributed by atoms with Crippen molar-refractivity contribution >= 4 is 29.9 Å². The molecule has 2 N–H and O–H groups in total. The molecule has 1 atom stereocenters. The summed E-state index contributed by atoms with van der Waals surface area (Å²) in [4.78, 5) is 9.48. The van der Waals surface area contributed by atoms with Crippen LogP contribution in [0.1, 0.15) is 38.2 Å². The second kappa shape index (κ2) is 12.1. The lowest BCUT2D eigenvalue weighted by Gasteiger charge is -2.34. The lowest BCUT2D eigenvalue weighted by molar-refractivity contribution is 0.139. The first-order valence-electron chi connectivity index (χ1n) is 11.0. The average Bonchev–Trinajstić information content (AvgIpc) is 3.21. The number of guanidine groups is 1. The number of nitrogens with zero attached hydrogens (tertiary/aromatic N) is 3. The molecule has 2 fully saturated rings. The summed E-state index contributed by atoms with van der Waals surface area (Å²) in [5.74, 6) is 1.55. The number of hydrogen-bond acceptors (Lipinski definition) is 3. The second-order valence-corrected chi connectivity index (χ2v) is 8.87. The van der Waals surface area contributed by atoms with Crippen LogP contribution in [0.4, 0.5) is 0 Å². The Bertz CT molecular complexity index is 607. The summed E-state index contributed by atoms with van der Waals surface area (Å²) in [6, 6.07) is 11.0. The van der Waals surface area contributed by atoms with Gasteiger partial charge in [-0.15, -0.1) is 24.0 Å². The lowest BCUT2D eigenvalue weighted by atomic mass is 9.79. The van der Waals surface area contributed by atoms with E-state index in [1.165, 1.54) is 57.4 Å². The standard InChI is InChI=1S/C23H39N5.HI/c1-20(18-28-15-13-27(3)14-16-28)17-25-22(24-2)26-19-23(11-7-8-12-23)21-9-5-4-6-10-21;/h4-6,9-10,20H,7-8,11-19H2,1-3H3,(H2,24,25,26);1H. The smallest absolute Gasteiger partial charge is 0.191 e. The molecule has 0 spiro atoms. The number of aliphatic imine (C=N–C) groups is 1. The Labute approximate surface area is 194 Å². The zero-order valence-electron chi connectivity index (χ0n) is 18.5. The highest BCUT2D eigenvalue weighted by Gasteiger charge is 2.35. The fourth-order valence-electron chi connectivity index (χ4n) is 4.69. The highest BCUT2D eigenvalue weighted by molar-refractivity contribution is 14.0. The van der Waals surface area contributed by atoms with Crippen LogP contribution in [0.3, 0.4) is 0 Å². The van der Waals surface area contributed by atoms with Crippen LogP contribution >= 0.6 is 24.0 Å². The van der Waals surface area contributed by atoms with Gasteiger partial charge in [-0.3, -0.25) is 4.99 Å². The molecule has 5 nitrogen and oxygen atoms in total. The molecule has 1 aromatic carbocycles. The van der Waals surface area contributed by atoms with Crippen molar-refractivity contribution in [3.05, 3.63) is 35.9 Å². The Morgan fingerprint density at radius 3 is 2.34 bits per heavy atom. The monoisotopic (exact) mass is 513 g/mol. The maximum absolute atomic E-state index is 4.48. The fourth-order valence-corrected chi connectivity index (χ4v) is 4.69. The van der Waals surface area contributed by atoms with E-state index in [2.05, 4.69) is 69.7 Å². The molecule has 1 aliphatic carbocycles. The third kappa shape index (κ3) is 7.10. The van der Waals surface area contributed by atoms with Gasteiger partial charge in [0.25, 0.3) is 0 Å². The molecule has 1 unspecified atom stereocenters. The van der Waals surface area contributed by atoms with E-state index in [0.29, 0.717) is 5.92 Å². The van der Waals surface area contributed by atoms with Crippen molar-refractivity contribution in [1.82, 2.24) is 20.4 Å². The van der Waals surface area contributed by atoms with Gasteiger partial charge in [-0.05, 0) is 31.4 Å². The molecule has 0 bridgehead atoms. The Hall–Kier alpha value is -0.860. The van der Waals surface area contributed by atoms with Crippen LogP contribution in [0.2, 0.25) is 0 Å². The SMILES string of the molecule is CN=C(NCC(C)CN1CCN(C)CC1)NCC1(c2ccccc2)CCCC1.I. The maximum atomic E-state index is 4.48. The molecule has 3 rings (SSSR count). The minimum absolute atomic E-state index is 0. The molecule has 2 aliphatic rings. The minimum atomic E-state index is 0. The quantitative estimate of drug-likeness (QED) is 0.334. The van der Waals surface area contributed by atoms with Gasteiger partial charge in [-0.2, -0.15) is 0 Å². The number of piperazine rings is 1. The van der Waals surface area contributed by atoms with E-state index in [-0.39, 0.29) is 29.4 Å². The van der Waals surface area contributed by atoms with Gasteiger partial charge in [0, 0.05) is 58.3 Å². The second-order valence-electron chi connectivity index (χ2n) is 8.87. The summed E-state index contributed by atoms with van der Waals surface area (Å²) >= 11 is 0. The molecule has 6 heteroatoms. The van der Waals surface area contributed by atoms with Crippen molar-refractivity contribution in [3.8, 4) is 0 Å². The number of hydrogen-bond donors (Lipinski definition) is 2. The Morgan fingerprint density at radius 1 is 1.07 bits per heavy atom.